The average molecular weight is 1140 g/mol. The van der Waals surface area contributed by atoms with E-state index in [4.69, 9.17) is 28.4 Å². The van der Waals surface area contributed by atoms with Crippen molar-refractivity contribution in [1.29, 1.82) is 0 Å². The number of esters is 1. The monoisotopic (exact) mass is 1140 g/mol. The Morgan fingerprint density at radius 3 is 2.21 bits per heavy atom. The standard InChI is InChI=1S/C60H100FN3O16/c1-16-44-58(13,73)48(68)36(7)64(23-17-22-63-53(71)60(74)32(3)24-41-40-19-18-38-26-39(65)20-21-54(38,9)59(40,61)43(66)28-55(41,60)10)30-31(2)27-56(11,72)50(80-52-46(67)42(62-14)25-33(4)76-52)34(5)47(35(6)51(70)78-44)79-45-29-57(12,75-15)49(69)37(8)77-45/h20-21,26,31-37,40-50,52,62,66-69,72-74H,16-19,22-25,27-30H2,1-15H3,(H,63,71)/t31-,32-,33-,34+,35-,36-,37+,40?,41?,42+,43+,44-,45?,46-,47+,48-,49+,50-,52?,54+,55+,56-,57-,58-,59+,60+/m1/s1. The Bertz CT molecular complexity index is 2270. The number of nitrogens with one attached hydrogen (secondary N) is 2. The Kier molecular flexibility index (Phi) is 19.6. The molecule has 0 radical (unpaired) electrons. The molecule has 3 saturated heterocycles. The van der Waals surface area contributed by atoms with Crippen LogP contribution in [0.1, 0.15) is 148 Å². The second-order valence-electron chi connectivity index (χ2n) is 26.9. The molecule has 6 fully saturated rings. The van der Waals surface area contributed by atoms with Gasteiger partial charge in [0.2, 0.25) is 0 Å². The quantitative estimate of drug-likeness (QED) is 0.0994. The van der Waals surface area contributed by atoms with Gasteiger partial charge in [0.05, 0.1) is 47.6 Å². The molecule has 0 aromatic rings. The number of alkyl halides is 1. The Morgan fingerprint density at radius 2 is 1.57 bits per heavy atom. The lowest BCUT2D eigenvalue weighted by Gasteiger charge is -2.62. The van der Waals surface area contributed by atoms with E-state index in [0.29, 0.717) is 37.7 Å². The molecule has 458 valence electrons. The maximum Gasteiger partial charge on any atom is 0.311 e. The number of nitrogens with zero attached hydrogens (tertiary/aromatic N) is 1. The van der Waals surface area contributed by atoms with Gasteiger partial charge in [-0.3, -0.25) is 19.3 Å². The fourth-order valence-electron chi connectivity index (χ4n) is 16.3. The molecular formula is C60H100FN3O16. The first-order chi connectivity index (χ1) is 37.1. The smallest absolute Gasteiger partial charge is 0.311 e. The van der Waals surface area contributed by atoms with E-state index in [2.05, 4.69) is 10.6 Å². The third-order valence-corrected chi connectivity index (χ3v) is 21.2. The van der Waals surface area contributed by atoms with Crippen LogP contribution in [-0.2, 0) is 42.8 Å². The van der Waals surface area contributed by atoms with Crippen molar-refractivity contribution in [2.24, 2.45) is 46.3 Å². The fourth-order valence-corrected chi connectivity index (χ4v) is 16.3. The van der Waals surface area contributed by atoms with E-state index in [1.807, 2.05) is 18.7 Å². The van der Waals surface area contributed by atoms with Crippen molar-refractivity contribution in [2.75, 3.05) is 33.8 Å². The van der Waals surface area contributed by atoms with Crippen LogP contribution in [0.3, 0.4) is 0 Å². The molecule has 3 heterocycles. The van der Waals surface area contributed by atoms with Crippen molar-refractivity contribution >= 4 is 17.7 Å². The molecule has 9 N–H and O–H groups in total. The van der Waals surface area contributed by atoms with Gasteiger partial charge in [0.25, 0.3) is 5.91 Å². The van der Waals surface area contributed by atoms with Crippen LogP contribution in [-0.4, -0.2) is 200 Å². The molecule has 3 aliphatic heterocycles. The van der Waals surface area contributed by atoms with E-state index in [0.717, 1.165) is 0 Å². The molecule has 0 bridgehead atoms. The van der Waals surface area contributed by atoms with Gasteiger partial charge in [0, 0.05) is 67.9 Å². The van der Waals surface area contributed by atoms with Gasteiger partial charge in [-0.25, -0.2) is 4.39 Å². The Hall–Kier alpha value is -2.54. The number of amides is 1. The van der Waals surface area contributed by atoms with Crippen LogP contribution < -0.4 is 10.6 Å². The topological polar surface area (TPSA) is 276 Å². The second kappa shape index (κ2) is 24.1. The summed E-state index contributed by atoms with van der Waals surface area (Å²) in [6.07, 6.45) is -5.68. The van der Waals surface area contributed by atoms with Crippen molar-refractivity contribution in [3.05, 3.63) is 23.8 Å². The number of ether oxygens (including phenoxy) is 6. The maximum atomic E-state index is 17.9. The zero-order valence-corrected chi connectivity index (χ0v) is 50.3. The fraction of sp³-hybridized carbons (Fsp3) is 0.883. The first-order valence-corrected chi connectivity index (χ1v) is 29.7. The van der Waals surface area contributed by atoms with Crippen molar-refractivity contribution < 1.29 is 82.9 Å². The predicted octanol–water partition coefficient (Wildman–Crippen LogP) is 3.78. The summed E-state index contributed by atoms with van der Waals surface area (Å²) < 4.78 is 56.0. The normalized spacial score (nSPS) is 50.7. The van der Waals surface area contributed by atoms with Gasteiger partial charge in [-0.1, -0.05) is 46.3 Å². The van der Waals surface area contributed by atoms with Gasteiger partial charge in [0.1, 0.15) is 30.0 Å². The molecule has 0 aromatic carbocycles. The SMILES string of the molecule is CC[C@H]1OC(=O)[C@H](C)[C@@H](OC2C[C@@](C)(OC)[C@@H](O)[C@H](C)O2)[C@H](C)[C@@H](OC2O[C@H](C)C[C@H](NC)[C@H]2O)[C@](C)(O)C[C@@H](C)CN(CCCNC(=O)[C@@]2(O)[C@H](C)CC3C4CCC5=CC(=O)C=C[C@]5(C)[C@@]4(F)[C@@H](O)C[C@@]32C)[C@H](C)[C@@H](O)[C@]1(C)O. The number of aliphatic hydroxyl groups is 7. The molecule has 19 nitrogen and oxygen atoms in total. The maximum absolute atomic E-state index is 17.9. The number of cyclic esters (lactones) is 1. The van der Waals surface area contributed by atoms with Gasteiger partial charge >= 0.3 is 5.97 Å². The minimum absolute atomic E-state index is 0.0636. The number of allylic oxidation sites excluding steroid dienone is 4. The highest BCUT2D eigenvalue weighted by Crippen LogP contribution is 2.70. The van der Waals surface area contributed by atoms with E-state index in [1.165, 1.54) is 26.2 Å². The molecule has 0 aromatic heterocycles. The van der Waals surface area contributed by atoms with Crippen LogP contribution in [0.25, 0.3) is 0 Å². The highest BCUT2D eigenvalue weighted by atomic mass is 19.1. The first-order valence-electron chi connectivity index (χ1n) is 29.7. The number of halogens is 1. The number of methoxy groups -OCH3 is 1. The molecule has 3 saturated carbocycles. The number of carbonyl (C=O) groups excluding carboxylic acids is 3. The number of rotatable bonds is 12. The minimum atomic E-state index is -2.13. The van der Waals surface area contributed by atoms with Gasteiger partial charge in [-0.15, -0.1) is 0 Å². The van der Waals surface area contributed by atoms with Gasteiger partial charge in [-0.2, -0.15) is 0 Å². The minimum Gasteiger partial charge on any atom is -0.459 e. The van der Waals surface area contributed by atoms with Crippen LogP contribution >= 0.6 is 0 Å². The summed E-state index contributed by atoms with van der Waals surface area (Å²) >= 11 is 0. The van der Waals surface area contributed by atoms with Crippen molar-refractivity contribution in [1.82, 2.24) is 15.5 Å². The molecule has 4 aliphatic carbocycles. The lowest BCUT2D eigenvalue weighted by Crippen LogP contribution is -2.70. The zero-order chi connectivity index (χ0) is 59.6. The number of hydrogen-bond donors (Lipinski definition) is 9. The van der Waals surface area contributed by atoms with Crippen molar-refractivity contribution in [3.63, 3.8) is 0 Å². The summed E-state index contributed by atoms with van der Waals surface area (Å²) in [6, 6.07) is -1.22. The van der Waals surface area contributed by atoms with E-state index in [9.17, 15) is 50.1 Å². The number of aliphatic hydroxyl groups excluding tert-OH is 4. The van der Waals surface area contributed by atoms with E-state index in [1.54, 1.807) is 82.4 Å². The predicted molar refractivity (Wildman–Crippen MR) is 294 cm³/mol. The molecule has 26 atom stereocenters. The van der Waals surface area contributed by atoms with Crippen LogP contribution in [0.5, 0.6) is 0 Å². The Labute approximate surface area is 474 Å². The average Bonchev–Trinajstić information content (AvgIpc) is 3.85. The molecule has 4 unspecified atom stereocenters. The van der Waals surface area contributed by atoms with Crippen LogP contribution in [0.2, 0.25) is 0 Å². The second-order valence-corrected chi connectivity index (χ2v) is 26.9. The molecule has 80 heavy (non-hydrogen) atoms. The van der Waals surface area contributed by atoms with Crippen LogP contribution in [0, 0.1) is 46.3 Å². The van der Waals surface area contributed by atoms with Crippen molar-refractivity contribution in [3.8, 4) is 0 Å². The van der Waals surface area contributed by atoms with Gasteiger partial charge in [-0.05, 0) is 144 Å². The zero-order valence-electron chi connectivity index (χ0n) is 50.3. The van der Waals surface area contributed by atoms with E-state index >= 15 is 4.39 Å². The van der Waals surface area contributed by atoms with Gasteiger partial charge in [0.15, 0.2) is 29.6 Å². The summed E-state index contributed by atoms with van der Waals surface area (Å²) in [4.78, 5) is 43.6. The van der Waals surface area contributed by atoms with E-state index in [-0.39, 0.29) is 63.1 Å². The summed E-state index contributed by atoms with van der Waals surface area (Å²) in [5, 5.41) is 91.2. The highest BCUT2D eigenvalue weighted by molar-refractivity contribution is 6.01. The molecule has 1 amide bonds. The molecule has 7 rings (SSSR count). The third kappa shape index (κ3) is 11.4. The largest absolute Gasteiger partial charge is 0.459 e. The molecule has 7 aliphatic rings. The van der Waals surface area contributed by atoms with Crippen LogP contribution in [0.15, 0.2) is 23.8 Å². The number of likely N-dealkylation sites (N-methyl/N-ethyl adjacent to an activating group) is 1. The summed E-state index contributed by atoms with van der Waals surface area (Å²) in [7, 11) is 3.22. The molecule has 20 heteroatoms. The first kappa shape index (κ1) is 65.0. The lowest BCUT2D eigenvalue weighted by molar-refractivity contribution is -0.316. The van der Waals surface area contributed by atoms with E-state index < -0.39 is 154 Å². The Morgan fingerprint density at radius 1 is 0.900 bits per heavy atom. The van der Waals surface area contributed by atoms with Crippen molar-refractivity contribution in [2.45, 2.75) is 255 Å². The molecular weight excluding hydrogens is 1040 g/mol. The summed E-state index contributed by atoms with van der Waals surface area (Å²) in [5.41, 5.74) is -10.7. The number of hydrogen-bond acceptors (Lipinski definition) is 18. The number of carbonyl (C=O) groups is 3. The number of fused-ring (bicyclic) bond motifs is 5. The lowest BCUT2D eigenvalue weighted by atomic mass is 9.44. The Balaban J connectivity index is 1.15. The summed E-state index contributed by atoms with van der Waals surface area (Å²) in [6.45, 7) is 23.0. The third-order valence-electron chi connectivity index (χ3n) is 21.2. The summed E-state index contributed by atoms with van der Waals surface area (Å²) in [5.74, 6) is -5.72. The number of ketones is 1. The molecule has 0 spiro atoms. The highest BCUT2D eigenvalue weighted by Gasteiger charge is 2.76. The van der Waals surface area contributed by atoms with Gasteiger partial charge < -0.3 is 74.8 Å². The van der Waals surface area contributed by atoms with Crippen LogP contribution in [0.4, 0.5) is 4.39 Å².